The molecule has 0 radical (unpaired) electrons. The molecule has 1 aromatic carbocycles. The van der Waals surface area contributed by atoms with Crippen molar-refractivity contribution in [1.82, 2.24) is 0 Å². The van der Waals surface area contributed by atoms with Crippen molar-refractivity contribution >= 4 is 11.6 Å². The van der Waals surface area contributed by atoms with Gasteiger partial charge in [0.2, 0.25) is 0 Å². The van der Waals surface area contributed by atoms with Crippen molar-refractivity contribution in [3.63, 3.8) is 0 Å². The van der Waals surface area contributed by atoms with Crippen LogP contribution in [0.1, 0.15) is 31.2 Å². The van der Waals surface area contributed by atoms with Gasteiger partial charge in [-0.15, -0.1) is 0 Å². The zero-order valence-electron chi connectivity index (χ0n) is 7.96. The predicted octanol–water partition coefficient (Wildman–Crippen LogP) is 2.77. The van der Waals surface area contributed by atoms with Crippen molar-refractivity contribution in [2.75, 3.05) is 0 Å². The van der Waals surface area contributed by atoms with Crippen LogP contribution in [0.5, 0.6) is 5.75 Å². The first kappa shape index (κ1) is 9.81. The Labute approximate surface area is 88.7 Å². The van der Waals surface area contributed by atoms with Crippen LogP contribution in [0, 0.1) is 0 Å². The second kappa shape index (κ2) is 3.44. The number of halogens is 1. The molecule has 0 aromatic heterocycles. The highest BCUT2D eigenvalue weighted by atomic mass is 35.5. The fraction of sp³-hybridized carbons (Fsp3) is 0.455. The minimum absolute atomic E-state index is 0.263. The first-order chi connectivity index (χ1) is 6.62. The molecule has 0 amide bonds. The predicted molar refractivity (Wildman–Crippen MR) is 57.5 cm³/mol. The van der Waals surface area contributed by atoms with Crippen molar-refractivity contribution in [2.45, 2.75) is 31.2 Å². The highest BCUT2D eigenvalue weighted by Crippen LogP contribution is 2.40. The van der Waals surface area contributed by atoms with Crippen molar-refractivity contribution in [1.29, 1.82) is 0 Å². The Hall–Kier alpha value is -0.730. The zero-order chi connectivity index (χ0) is 10.2. The molecule has 0 atom stereocenters. The van der Waals surface area contributed by atoms with Crippen LogP contribution in [0.15, 0.2) is 18.2 Å². The van der Waals surface area contributed by atoms with Crippen molar-refractivity contribution < 1.29 is 5.11 Å². The van der Waals surface area contributed by atoms with E-state index < -0.39 is 0 Å². The van der Waals surface area contributed by atoms with E-state index in [4.69, 9.17) is 17.3 Å². The third-order valence-corrected chi connectivity index (χ3v) is 3.23. The number of benzene rings is 1. The molecule has 76 valence electrons. The highest BCUT2D eigenvalue weighted by molar-refractivity contribution is 6.30. The number of hydrogen-bond donors (Lipinski definition) is 2. The van der Waals surface area contributed by atoms with E-state index in [2.05, 4.69) is 0 Å². The molecule has 1 aromatic rings. The summed E-state index contributed by atoms with van der Waals surface area (Å²) in [6.45, 7) is 0. The molecule has 0 aliphatic heterocycles. The smallest absolute Gasteiger partial charge is 0.120 e. The standard InChI is InChI=1S/C11H14ClNO/c12-8-3-4-10(14)9(7-8)11(13)5-1-2-6-11/h3-4,7,14H,1-2,5-6,13H2. The number of rotatable bonds is 1. The average Bonchev–Trinajstić information content (AvgIpc) is 2.58. The quantitative estimate of drug-likeness (QED) is 0.751. The zero-order valence-corrected chi connectivity index (χ0v) is 8.72. The van der Waals surface area contributed by atoms with Gasteiger partial charge in [-0.3, -0.25) is 0 Å². The molecule has 14 heavy (non-hydrogen) atoms. The summed E-state index contributed by atoms with van der Waals surface area (Å²) in [5.41, 5.74) is 6.66. The van der Waals surface area contributed by atoms with E-state index in [0.717, 1.165) is 31.2 Å². The van der Waals surface area contributed by atoms with E-state index in [-0.39, 0.29) is 11.3 Å². The summed E-state index contributed by atoms with van der Waals surface area (Å²) in [5, 5.41) is 10.4. The number of aromatic hydroxyl groups is 1. The molecular weight excluding hydrogens is 198 g/mol. The molecule has 1 aliphatic rings. The number of phenolic OH excluding ortho intramolecular Hbond substituents is 1. The van der Waals surface area contributed by atoms with E-state index in [0.29, 0.717) is 5.02 Å². The molecule has 1 aliphatic carbocycles. The molecule has 0 saturated heterocycles. The van der Waals surface area contributed by atoms with Crippen molar-refractivity contribution in [3.05, 3.63) is 28.8 Å². The number of hydrogen-bond acceptors (Lipinski definition) is 2. The van der Waals surface area contributed by atoms with E-state index >= 15 is 0 Å². The van der Waals surface area contributed by atoms with Gasteiger partial charge in [-0.1, -0.05) is 24.4 Å². The Kier molecular flexibility index (Phi) is 2.41. The van der Waals surface area contributed by atoms with Gasteiger partial charge in [-0.2, -0.15) is 0 Å². The topological polar surface area (TPSA) is 46.2 Å². The van der Waals surface area contributed by atoms with E-state index in [1.807, 2.05) is 0 Å². The third kappa shape index (κ3) is 1.60. The molecule has 0 bridgehead atoms. The summed E-state index contributed by atoms with van der Waals surface area (Å²) < 4.78 is 0. The summed E-state index contributed by atoms with van der Waals surface area (Å²) in [4.78, 5) is 0. The second-order valence-electron chi connectivity index (χ2n) is 4.02. The minimum Gasteiger partial charge on any atom is -0.508 e. The first-order valence-electron chi connectivity index (χ1n) is 4.90. The SMILES string of the molecule is NC1(c2cc(Cl)ccc2O)CCCC1. The molecular formula is C11H14ClNO. The largest absolute Gasteiger partial charge is 0.508 e. The van der Waals surface area contributed by atoms with Gasteiger partial charge in [0.1, 0.15) is 5.75 Å². The van der Waals surface area contributed by atoms with Crippen LogP contribution in [0.2, 0.25) is 5.02 Å². The fourth-order valence-electron chi connectivity index (χ4n) is 2.18. The van der Waals surface area contributed by atoms with Crippen LogP contribution in [-0.2, 0) is 5.54 Å². The minimum atomic E-state index is -0.366. The van der Waals surface area contributed by atoms with Gasteiger partial charge in [-0.05, 0) is 31.0 Å². The van der Waals surface area contributed by atoms with Crippen LogP contribution in [0.3, 0.4) is 0 Å². The molecule has 1 saturated carbocycles. The maximum Gasteiger partial charge on any atom is 0.120 e. The maximum absolute atomic E-state index is 9.72. The van der Waals surface area contributed by atoms with Crippen LogP contribution in [-0.4, -0.2) is 5.11 Å². The summed E-state index contributed by atoms with van der Waals surface area (Å²) in [5.74, 6) is 0.263. The summed E-state index contributed by atoms with van der Waals surface area (Å²) in [7, 11) is 0. The highest BCUT2D eigenvalue weighted by Gasteiger charge is 2.33. The Morgan fingerprint density at radius 1 is 1.29 bits per heavy atom. The molecule has 2 nitrogen and oxygen atoms in total. The van der Waals surface area contributed by atoms with E-state index in [9.17, 15) is 5.11 Å². The molecule has 0 heterocycles. The van der Waals surface area contributed by atoms with Crippen LogP contribution in [0.4, 0.5) is 0 Å². The van der Waals surface area contributed by atoms with Gasteiger partial charge in [0, 0.05) is 16.1 Å². The lowest BCUT2D eigenvalue weighted by molar-refractivity contribution is 0.409. The van der Waals surface area contributed by atoms with Gasteiger partial charge < -0.3 is 10.8 Å². The third-order valence-electron chi connectivity index (χ3n) is 2.99. The monoisotopic (exact) mass is 211 g/mol. The molecule has 3 heteroatoms. The Morgan fingerprint density at radius 2 is 1.93 bits per heavy atom. The normalized spacial score (nSPS) is 19.9. The van der Waals surface area contributed by atoms with Crippen molar-refractivity contribution in [2.24, 2.45) is 5.73 Å². The summed E-state index contributed by atoms with van der Waals surface area (Å²) >= 11 is 5.89. The number of nitrogens with two attached hydrogens (primary N) is 1. The Morgan fingerprint density at radius 3 is 2.57 bits per heavy atom. The fourth-order valence-corrected chi connectivity index (χ4v) is 2.35. The van der Waals surface area contributed by atoms with Gasteiger partial charge >= 0.3 is 0 Å². The van der Waals surface area contributed by atoms with Crippen LogP contribution >= 0.6 is 11.6 Å². The molecule has 2 rings (SSSR count). The van der Waals surface area contributed by atoms with E-state index in [1.54, 1.807) is 18.2 Å². The van der Waals surface area contributed by atoms with Gasteiger partial charge in [0.25, 0.3) is 0 Å². The van der Waals surface area contributed by atoms with E-state index in [1.165, 1.54) is 0 Å². The lowest BCUT2D eigenvalue weighted by atomic mass is 9.89. The Balaban J connectivity index is 2.44. The summed E-state index contributed by atoms with van der Waals surface area (Å²) in [6, 6.07) is 5.07. The summed E-state index contributed by atoms with van der Waals surface area (Å²) in [6.07, 6.45) is 4.12. The average molecular weight is 212 g/mol. The van der Waals surface area contributed by atoms with Gasteiger partial charge in [-0.25, -0.2) is 0 Å². The molecule has 3 N–H and O–H groups in total. The Bertz CT molecular complexity index is 345. The van der Waals surface area contributed by atoms with Crippen LogP contribution < -0.4 is 5.73 Å². The van der Waals surface area contributed by atoms with Gasteiger partial charge in [0.05, 0.1) is 0 Å². The van der Waals surface area contributed by atoms with Crippen LogP contribution in [0.25, 0.3) is 0 Å². The maximum atomic E-state index is 9.72. The second-order valence-corrected chi connectivity index (χ2v) is 4.46. The van der Waals surface area contributed by atoms with Crippen molar-refractivity contribution in [3.8, 4) is 5.75 Å². The first-order valence-corrected chi connectivity index (χ1v) is 5.27. The number of phenols is 1. The molecule has 0 unspecified atom stereocenters. The lowest BCUT2D eigenvalue weighted by Crippen LogP contribution is -2.33. The lowest BCUT2D eigenvalue weighted by Gasteiger charge is -2.25. The molecule has 1 fully saturated rings. The molecule has 0 spiro atoms. The van der Waals surface area contributed by atoms with Gasteiger partial charge in [0.15, 0.2) is 0 Å².